The summed E-state index contributed by atoms with van der Waals surface area (Å²) >= 11 is 7.48. The lowest BCUT2D eigenvalue weighted by Crippen LogP contribution is -2.49. The van der Waals surface area contributed by atoms with Gasteiger partial charge in [0.15, 0.2) is 0 Å². The van der Waals surface area contributed by atoms with E-state index in [-0.39, 0.29) is 17.6 Å². The van der Waals surface area contributed by atoms with E-state index in [1.54, 1.807) is 17.0 Å². The molecule has 0 unspecified atom stereocenters. The predicted molar refractivity (Wildman–Crippen MR) is 121 cm³/mol. The highest BCUT2D eigenvalue weighted by atomic mass is 35.5. The highest BCUT2D eigenvalue weighted by Crippen LogP contribution is 2.21. The second-order valence-corrected chi connectivity index (χ2v) is 8.45. The molecule has 2 amide bonds. The fraction of sp³-hybridized carbons (Fsp3) is 0.391. The van der Waals surface area contributed by atoms with Gasteiger partial charge < -0.3 is 10.2 Å². The molecule has 6 heteroatoms. The zero-order valence-electron chi connectivity index (χ0n) is 17.3. The molecule has 0 heterocycles. The van der Waals surface area contributed by atoms with E-state index >= 15 is 0 Å². The molecule has 0 spiro atoms. The number of amides is 2. The van der Waals surface area contributed by atoms with Crippen LogP contribution in [0.3, 0.4) is 0 Å². The molecule has 1 N–H and O–H groups in total. The van der Waals surface area contributed by atoms with E-state index in [1.807, 2.05) is 57.2 Å². The number of carbonyl (C=O) groups excluding carboxylic acids is 2. The Hall–Kier alpha value is -1.98. The fourth-order valence-electron chi connectivity index (χ4n) is 2.93. The van der Waals surface area contributed by atoms with Gasteiger partial charge in [0.2, 0.25) is 11.8 Å². The molecular weight excluding hydrogens is 404 g/mol. The summed E-state index contributed by atoms with van der Waals surface area (Å²) in [6, 6.07) is 15.0. The van der Waals surface area contributed by atoms with Crippen molar-refractivity contribution < 1.29 is 9.59 Å². The Kier molecular flexibility index (Phi) is 9.55. The monoisotopic (exact) mass is 432 g/mol. The fourth-order valence-corrected chi connectivity index (χ4v) is 3.84. The van der Waals surface area contributed by atoms with Gasteiger partial charge in [-0.2, -0.15) is 0 Å². The van der Waals surface area contributed by atoms with Crippen molar-refractivity contribution in [3.63, 3.8) is 0 Å². The van der Waals surface area contributed by atoms with Crippen molar-refractivity contribution in [2.24, 2.45) is 0 Å². The smallest absolute Gasteiger partial charge is 0.242 e. The van der Waals surface area contributed by atoms with E-state index < -0.39 is 6.04 Å². The van der Waals surface area contributed by atoms with Gasteiger partial charge in [-0.25, -0.2) is 0 Å². The van der Waals surface area contributed by atoms with Gasteiger partial charge >= 0.3 is 0 Å². The van der Waals surface area contributed by atoms with Crippen molar-refractivity contribution in [1.82, 2.24) is 10.2 Å². The first kappa shape index (κ1) is 23.3. The zero-order valence-corrected chi connectivity index (χ0v) is 18.9. The molecule has 29 heavy (non-hydrogen) atoms. The van der Waals surface area contributed by atoms with Gasteiger partial charge in [0.05, 0.1) is 5.75 Å². The van der Waals surface area contributed by atoms with Crippen LogP contribution >= 0.6 is 23.4 Å². The van der Waals surface area contributed by atoms with Gasteiger partial charge in [-0.3, -0.25) is 9.59 Å². The Bertz CT molecular complexity index is 794. The Morgan fingerprint density at radius 1 is 1.07 bits per heavy atom. The molecule has 4 nitrogen and oxygen atoms in total. The molecule has 0 saturated carbocycles. The summed E-state index contributed by atoms with van der Waals surface area (Å²) in [5, 5.41) is 3.58. The topological polar surface area (TPSA) is 49.4 Å². The predicted octanol–water partition coefficient (Wildman–Crippen LogP) is 5.07. The van der Waals surface area contributed by atoms with Gasteiger partial charge in [0.1, 0.15) is 6.04 Å². The molecule has 0 fully saturated rings. The maximum Gasteiger partial charge on any atom is 0.242 e. The Labute approximate surface area is 183 Å². The molecule has 2 rings (SSSR count). The van der Waals surface area contributed by atoms with E-state index in [0.717, 1.165) is 16.9 Å². The van der Waals surface area contributed by atoms with Crippen LogP contribution in [-0.2, 0) is 16.1 Å². The minimum absolute atomic E-state index is 0.0518. The molecule has 1 atom stereocenters. The van der Waals surface area contributed by atoms with Gasteiger partial charge in [-0.05, 0) is 49.6 Å². The van der Waals surface area contributed by atoms with Crippen LogP contribution in [0.15, 0.2) is 53.4 Å². The highest BCUT2D eigenvalue weighted by molar-refractivity contribution is 8.00. The average Bonchev–Trinajstić information content (AvgIpc) is 2.72. The summed E-state index contributed by atoms with van der Waals surface area (Å²) in [5.74, 6) is 0.134. The number of rotatable bonds is 10. The van der Waals surface area contributed by atoms with E-state index in [4.69, 9.17) is 11.6 Å². The molecular formula is C23H29ClN2O2S. The number of hydrogen-bond donors (Lipinski definition) is 1. The third-order valence-electron chi connectivity index (χ3n) is 4.58. The minimum Gasteiger partial charge on any atom is -0.354 e. The molecule has 0 aliphatic carbocycles. The number of halogens is 1. The molecule has 0 aliphatic rings. The van der Waals surface area contributed by atoms with Crippen molar-refractivity contribution in [3.05, 3.63) is 64.7 Å². The molecule has 2 aromatic rings. The molecule has 156 valence electrons. The molecule has 0 radical (unpaired) electrons. The first-order valence-electron chi connectivity index (χ1n) is 9.95. The average molecular weight is 433 g/mol. The number of carbonyl (C=O) groups is 2. The van der Waals surface area contributed by atoms with Crippen LogP contribution in [0, 0.1) is 6.92 Å². The number of benzene rings is 2. The molecule has 2 aromatic carbocycles. The van der Waals surface area contributed by atoms with Crippen LogP contribution in [-0.4, -0.2) is 35.1 Å². The highest BCUT2D eigenvalue weighted by Gasteiger charge is 2.28. The second kappa shape index (κ2) is 11.9. The molecule has 0 aromatic heterocycles. The standard InChI is InChI=1S/C23H29ClN2O2S/c1-4-14-25-23(28)21(5-2)26(15-18-8-10-19(24)11-9-18)22(27)16-29-20-12-6-17(3)7-13-20/h6-13,21H,4-5,14-16H2,1-3H3,(H,25,28)/t21-/m0/s1. The lowest BCUT2D eigenvalue weighted by atomic mass is 10.1. The van der Waals surface area contributed by atoms with Crippen molar-refractivity contribution >= 4 is 35.2 Å². The van der Waals surface area contributed by atoms with Gasteiger partial charge in [0, 0.05) is 23.0 Å². The summed E-state index contributed by atoms with van der Waals surface area (Å²) in [4.78, 5) is 28.6. The van der Waals surface area contributed by atoms with Crippen LogP contribution < -0.4 is 5.32 Å². The van der Waals surface area contributed by atoms with Gasteiger partial charge in [0.25, 0.3) is 0 Å². The lowest BCUT2D eigenvalue weighted by molar-refractivity contribution is -0.139. The summed E-state index contributed by atoms with van der Waals surface area (Å²) in [5.41, 5.74) is 2.13. The number of thioether (sulfide) groups is 1. The Morgan fingerprint density at radius 2 is 1.72 bits per heavy atom. The largest absolute Gasteiger partial charge is 0.354 e. The van der Waals surface area contributed by atoms with Crippen LogP contribution in [0.4, 0.5) is 0 Å². The van der Waals surface area contributed by atoms with E-state index in [1.165, 1.54) is 17.3 Å². The van der Waals surface area contributed by atoms with Crippen LogP contribution in [0.25, 0.3) is 0 Å². The SMILES string of the molecule is CCCNC(=O)[C@H](CC)N(Cc1ccc(Cl)cc1)C(=O)CSc1ccc(C)cc1. The first-order valence-corrected chi connectivity index (χ1v) is 11.3. The Balaban J connectivity index is 2.16. The molecule has 0 saturated heterocycles. The lowest BCUT2D eigenvalue weighted by Gasteiger charge is -2.30. The Morgan fingerprint density at radius 3 is 2.31 bits per heavy atom. The van der Waals surface area contributed by atoms with Crippen molar-refractivity contribution in [2.75, 3.05) is 12.3 Å². The summed E-state index contributed by atoms with van der Waals surface area (Å²) in [6.45, 7) is 6.97. The quantitative estimate of drug-likeness (QED) is 0.533. The third-order valence-corrected chi connectivity index (χ3v) is 5.83. The normalized spacial score (nSPS) is 11.7. The summed E-state index contributed by atoms with van der Waals surface area (Å²) < 4.78 is 0. The van der Waals surface area contributed by atoms with Gasteiger partial charge in [-0.15, -0.1) is 11.8 Å². The molecule has 0 aliphatic heterocycles. The van der Waals surface area contributed by atoms with E-state index in [9.17, 15) is 9.59 Å². The van der Waals surface area contributed by atoms with Crippen LogP contribution in [0.1, 0.15) is 37.8 Å². The third kappa shape index (κ3) is 7.41. The van der Waals surface area contributed by atoms with Crippen molar-refractivity contribution in [1.29, 1.82) is 0 Å². The number of hydrogen-bond acceptors (Lipinski definition) is 3. The maximum absolute atomic E-state index is 13.1. The van der Waals surface area contributed by atoms with E-state index in [0.29, 0.717) is 24.5 Å². The second-order valence-electron chi connectivity index (χ2n) is 6.96. The first-order chi connectivity index (χ1) is 13.9. The van der Waals surface area contributed by atoms with Crippen molar-refractivity contribution in [2.45, 2.75) is 51.1 Å². The number of nitrogens with zero attached hydrogens (tertiary/aromatic N) is 1. The zero-order chi connectivity index (χ0) is 21.2. The summed E-state index contributed by atoms with van der Waals surface area (Å²) in [7, 11) is 0. The number of aryl methyl sites for hydroxylation is 1. The number of nitrogens with one attached hydrogen (secondary N) is 1. The minimum atomic E-state index is -0.497. The molecule has 0 bridgehead atoms. The van der Waals surface area contributed by atoms with Crippen molar-refractivity contribution in [3.8, 4) is 0 Å². The van der Waals surface area contributed by atoms with E-state index in [2.05, 4.69) is 5.32 Å². The van der Waals surface area contributed by atoms with Crippen LogP contribution in [0.2, 0.25) is 5.02 Å². The summed E-state index contributed by atoms with van der Waals surface area (Å²) in [6.07, 6.45) is 1.42. The van der Waals surface area contributed by atoms with Gasteiger partial charge in [-0.1, -0.05) is 55.3 Å². The van der Waals surface area contributed by atoms with Crippen LogP contribution in [0.5, 0.6) is 0 Å². The maximum atomic E-state index is 13.1.